The van der Waals surface area contributed by atoms with Crippen molar-refractivity contribution >= 4 is 43.6 Å². The fraction of sp³-hybridized carbons (Fsp3) is 0.130. The van der Waals surface area contributed by atoms with Crippen molar-refractivity contribution in [1.82, 2.24) is 4.98 Å². The van der Waals surface area contributed by atoms with E-state index in [4.69, 9.17) is 13.8 Å². The van der Waals surface area contributed by atoms with Crippen molar-refractivity contribution in [2.24, 2.45) is 0 Å². The molecule has 6 heteroatoms. The zero-order valence-corrected chi connectivity index (χ0v) is 16.8. The highest BCUT2D eigenvalue weighted by Crippen LogP contribution is 2.34. The van der Waals surface area contributed by atoms with Gasteiger partial charge in [-0.3, -0.25) is 9.69 Å². The molecule has 2 aromatic carbocycles. The van der Waals surface area contributed by atoms with Crippen LogP contribution in [0.15, 0.2) is 69.7 Å². The van der Waals surface area contributed by atoms with Crippen LogP contribution in [0.5, 0.6) is 0 Å². The number of anilines is 1. The SMILES string of the molecule is Cc1ccc2sc(N(Cc3ccco3)C(=O)c3cc4ccccc4o3)nc2c1C. The van der Waals surface area contributed by atoms with Crippen LogP contribution < -0.4 is 4.90 Å². The first kappa shape index (κ1) is 17.7. The normalized spacial score (nSPS) is 11.4. The van der Waals surface area contributed by atoms with E-state index in [9.17, 15) is 4.79 Å². The molecule has 0 radical (unpaired) electrons. The summed E-state index contributed by atoms with van der Waals surface area (Å²) in [5.41, 5.74) is 3.91. The number of aromatic nitrogens is 1. The summed E-state index contributed by atoms with van der Waals surface area (Å²) in [6, 6.07) is 17.2. The van der Waals surface area contributed by atoms with Gasteiger partial charge in [-0.05, 0) is 55.3 Å². The molecule has 0 atom stereocenters. The maximum absolute atomic E-state index is 13.4. The topological polar surface area (TPSA) is 59.5 Å². The number of benzene rings is 2. The molecule has 5 aromatic rings. The van der Waals surface area contributed by atoms with E-state index in [-0.39, 0.29) is 18.2 Å². The van der Waals surface area contributed by atoms with Crippen LogP contribution in [0.4, 0.5) is 5.13 Å². The van der Waals surface area contributed by atoms with E-state index in [1.54, 1.807) is 17.2 Å². The van der Waals surface area contributed by atoms with Crippen molar-refractivity contribution in [2.45, 2.75) is 20.4 Å². The maximum Gasteiger partial charge on any atom is 0.296 e. The molecule has 144 valence electrons. The molecule has 0 aliphatic carbocycles. The van der Waals surface area contributed by atoms with Crippen molar-refractivity contribution in [1.29, 1.82) is 0 Å². The van der Waals surface area contributed by atoms with Gasteiger partial charge in [-0.15, -0.1) is 0 Å². The summed E-state index contributed by atoms with van der Waals surface area (Å²) in [5.74, 6) is 0.720. The number of hydrogen-bond donors (Lipinski definition) is 0. The highest BCUT2D eigenvalue weighted by Gasteiger charge is 2.26. The summed E-state index contributed by atoms with van der Waals surface area (Å²) < 4.78 is 12.4. The Morgan fingerprint density at radius 1 is 1.10 bits per heavy atom. The van der Waals surface area contributed by atoms with Gasteiger partial charge in [-0.25, -0.2) is 4.98 Å². The second-order valence-electron chi connectivity index (χ2n) is 6.97. The van der Waals surface area contributed by atoms with E-state index in [2.05, 4.69) is 26.0 Å². The number of aryl methyl sites for hydroxylation is 2. The first-order valence-electron chi connectivity index (χ1n) is 9.30. The number of hydrogen-bond acceptors (Lipinski definition) is 5. The number of amides is 1. The van der Waals surface area contributed by atoms with Crippen molar-refractivity contribution in [2.75, 3.05) is 4.90 Å². The lowest BCUT2D eigenvalue weighted by Crippen LogP contribution is -2.29. The molecule has 5 nitrogen and oxygen atoms in total. The third kappa shape index (κ3) is 3.11. The second-order valence-corrected chi connectivity index (χ2v) is 7.98. The van der Waals surface area contributed by atoms with Crippen molar-refractivity contribution in [3.8, 4) is 0 Å². The molecule has 0 spiro atoms. The summed E-state index contributed by atoms with van der Waals surface area (Å²) in [4.78, 5) is 19.8. The Bertz CT molecular complexity index is 1300. The minimum atomic E-state index is -0.244. The summed E-state index contributed by atoms with van der Waals surface area (Å²) in [6.45, 7) is 4.40. The van der Waals surface area contributed by atoms with Gasteiger partial charge in [0.2, 0.25) is 0 Å². The van der Waals surface area contributed by atoms with Gasteiger partial charge in [0.25, 0.3) is 5.91 Å². The Balaban J connectivity index is 1.61. The summed E-state index contributed by atoms with van der Waals surface area (Å²) in [7, 11) is 0. The second kappa shape index (κ2) is 6.90. The van der Waals surface area contributed by atoms with E-state index in [1.807, 2.05) is 36.4 Å². The molecule has 0 fully saturated rings. The van der Waals surface area contributed by atoms with E-state index in [1.165, 1.54) is 16.9 Å². The number of para-hydroxylation sites is 1. The zero-order valence-electron chi connectivity index (χ0n) is 16.0. The number of thiazole rings is 1. The monoisotopic (exact) mass is 402 g/mol. The van der Waals surface area contributed by atoms with Crippen LogP contribution in [0.25, 0.3) is 21.2 Å². The largest absolute Gasteiger partial charge is 0.467 e. The minimum absolute atomic E-state index is 0.244. The van der Waals surface area contributed by atoms with Crippen LogP contribution in [0.1, 0.15) is 27.4 Å². The Hall–Kier alpha value is -3.38. The van der Waals surface area contributed by atoms with Gasteiger partial charge in [0, 0.05) is 5.39 Å². The summed E-state index contributed by atoms with van der Waals surface area (Å²) >= 11 is 1.49. The first-order valence-corrected chi connectivity index (χ1v) is 10.1. The molecule has 0 saturated carbocycles. The Labute approximate surface area is 171 Å². The predicted octanol–water partition coefficient (Wildman–Crippen LogP) is 6.10. The highest BCUT2D eigenvalue weighted by molar-refractivity contribution is 7.22. The van der Waals surface area contributed by atoms with Gasteiger partial charge in [0.15, 0.2) is 10.9 Å². The van der Waals surface area contributed by atoms with Crippen LogP contribution in [0.2, 0.25) is 0 Å². The third-order valence-electron chi connectivity index (χ3n) is 5.08. The fourth-order valence-corrected chi connectivity index (χ4v) is 4.36. The number of fused-ring (bicyclic) bond motifs is 2. The van der Waals surface area contributed by atoms with Crippen molar-refractivity contribution < 1.29 is 13.6 Å². The molecule has 0 N–H and O–H groups in total. The van der Waals surface area contributed by atoms with Crippen LogP contribution in [-0.4, -0.2) is 10.9 Å². The number of furan rings is 2. The van der Waals surface area contributed by atoms with Crippen molar-refractivity contribution in [3.63, 3.8) is 0 Å². The molecule has 0 aliphatic heterocycles. The maximum atomic E-state index is 13.4. The fourth-order valence-electron chi connectivity index (χ4n) is 3.33. The minimum Gasteiger partial charge on any atom is -0.467 e. The van der Waals surface area contributed by atoms with Crippen LogP contribution >= 0.6 is 11.3 Å². The molecule has 0 bridgehead atoms. The number of carbonyl (C=O) groups is 1. The quantitative estimate of drug-likeness (QED) is 0.364. The smallest absolute Gasteiger partial charge is 0.296 e. The molecule has 29 heavy (non-hydrogen) atoms. The molecule has 5 rings (SSSR count). The average Bonchev–Trinajstić information content (AvgIpc) is 3.47. The van der Waals surface area contributed by atoms with Crippen LogP contribution in [0.3, 0.4) is 0 Å². The van der Waals surface area contributed by atoms with E-state index >= 15 is 0 Å². The van der Waals surface area contributed by atoms with Gasteiger partial charge in [-0.2, -0.15) is 0 Å². The number of nitrogens with zero attached hydrogens (tertiary/aromatic N) is 2. The molecular weight excluding hydrogens is 384 g/mol. The van der Waals surface area contributed by atoms with Gasteiger partial charge >= 0.3 is 0 Å². The molecule has 0 aliphatic rings. The Kier molecular flexibility index (Phi) is 4.21. The van der Waals surface area contributed by atoms with Crippen molar-refractivity contribution in [3.05, 3.63) is 83.5 Å². The molecule has 3 aromatic heterocycles. The first-order chi connectivity index (χ1) is 14.1. The molecular formula is C23H18N2O3S. The average molecular weight is 402 g/mol. The molecule has 1 amide bonds. The molecule has 3 heterocycles. The zero-order chi connectivity index (χ0) is 20.0. The van der Waals surface area contributed by atoms with Gasteiger partial charge in [0.05, 0.1) is 23.0 Å². The molecule has 0 unspecified atom stereocenters. The lowest BCUT2D eigenvalue weighted by Gasteiger charge is -2.17. The van der Waals surface area contributed by atoms with Gasteiger partial charge < -0.3 is 8.83 Å². The standard InChI is InChI=1S/C23H18N2O3S/c1-14-9-10-20-21(15(14)2)24-23(29-20)25(13-17-7-5-11-27-17)22(26)19-12-16-6-3-4-8-18(16)28-19/h3-12H,13H2,1-2H3. The third-order valence-corrected chi connectivity index (χ3v) is 6.12. The van der Waals surface area contributed by atoms with Gasteiger partial charge in [-0.1, -0.05) is 35.6 Å². The predicted molar refractivity (Wildman–Crippen MR) is 115 cm³/mol. The highest BCUT2D eigenvalue weighted by atomic mass is 32.1. The molecule has 0 saturated heterocycles. The lowest BCUT2D eigenvalue weighted by atomic mass is 10.1. The van der Waals surface area contributed by atoms with E-state index in [0.717, 1.165) is 21.2 Å². The Morgan fingerprint density at radius 3 is 2.76 bits per heavy atom. The van der Waals surface area contributed by atoms with Crippen LogP contribution in [0, 0.1) is 13.8 Å². The summed E-state index contributed by atoms with van der Waals surface area (Å²) in [6.07, 6.45) is 1.60. The number of carbonyl (C=O) groups excluding carboxylic acids is 1. The Morgan fingerprint density at radius 2 is 1.97 bits per heavy atom. The van der Waals surface area contributed by atoms with Crippen LogP contribution in [-0.2, 0) is 6.54 Å². The van der Waals surface area contributed by atoms with E-state index < -0.39 is 0 Å². The van der Waals surface area contributed by atoms with Gasteiger partial charge in [0.1, 0.15) is 11.3 Å². The number of rotatable bonds is 4. The van der Waals surface area contributed by atoms with E-state index in [0.29, 0.717) is 16.5 Å². The summed E-state index contributed by atoms with van der Waals surface area (Å²) in [5, 5.41) is 1.51. The lowest BCUT2D eigenvalue weighted by molar-refractivity contribution is 0.0958.